The normalized spacial score (nSPS) is 12.4. The van der Waals surface area contributed by atoms with Crippen LogP contribution in [0, 0.1) is 0 Å². The van der Waals surface area contributed by atoms with E-state index in [0.29, 0.717) is 22.6 Å². The Labute approximate surface area is 170 Å². The second-order valence-electron chi connectivity index (χ2n) is 7.82. The third-order valence-electron chi connectivity index (χ3n) is 4.78. The van der Waals surface area contributed by atoms with Crippen LogP contribution in [0.3, 0.4) is 0 Å². The molecule has 152 valence electrons. The molecule has 1 N–H and O–H groups in total. The summed E-state index contributed by atoms with van der Waals surface area (Å²) in [5.41, 5.74) is 2.30. The minimum absolute atomic E-state index is 0.00594. The van der Waals surface area contributed by atoms with Crippen molar-refractivity contribution in [1.82, 2.24) is 5.32 Å². The Hall–Kier alpha value is -3.08. The minimum Gasteiger partial charge on any atom is -0.491 e. The van der Waals surface area contributed by atoms with Crippen molar-refractivity contribution in [2.45, 2.75) is 52.7 Å². The van der Waals surface area contributed by atoms with Crippen LogP contribution in [-0.2, 0) is 0 Å². The number of carbonyl (C=O) groups is 1. The fraction of sp³-hybridized carbons (Fsp3) is 0.333. The summed E-state index contributed by atoms with van der Waals surface area (Å²) in [4.78, 5) is 24.9. The summed E-state index contributed by atoms with van der Waals surface area (Å²) in [6.07, 6.45) is -0.00594. The number of benzene rings is 2. The van der Waals surface area contributed by atoms with E-state index in [1.807, 2.05) is 32.9 Å². The van der Waals surface area contributed by atoms with Gasteiger partial charge >= 0.3 is 5.63 Å². The molecule has 5 heteroatoms. The molecule has 2 aromatic carbocycles. The number of fused-ring (bicyclic) bond motifs is 1. The molecule has 0 saturated carbocycles. The number of nitrogens with one attached hydrogen (secondary N) is 1. The highest BCUT2D eigenvalue weighted by Gasteiger charge is 2.17. The topological polar surface area (TPSA) is 68.5 Å². The van der Waals surface area contributed by atoms with Crippen LogP contribution < -0.4 is 15.7 Å². The third kappa shape index (κ3) is 4.86. The SMILES string of the molecule is CC(C)Oc1ccc2c(C(=O)NC(C)c3ccc(C(C)C)cc3)cc(=O)oc2c1. The van der Waals surface area contributed by atoms with E-state index in [1.165, 1.54) is 11.6 Å². The first-order valence-electron chi connectivity index (χ1n) is 9.90. The van der Waals surface area contributed by atoms with Crippen molar-refractivity contribution in [1.29, 1.82) is 0 Å². The van der Waals surface area contributed by atoms with E-state index in [9.17, 15) is 9.59 Å². The molecule has 1 amide bonds. The van der Waals surface area contributed by atoms with Gasteiger partial charge in [-0.2, -0.15) is 0 Å². The first-order chi connectivity index (χ1) is 13.7. The van der Waals surface area contributed by atoms with Gasteiger partial charge in [-0.25, -0.2) is 4.79 Å². The summed E-state index contributed by atoms with van der Waals surface area (Å²) in [6, 6.07) is 14.4. The van der Waals surface area contributed by atoms with Gasteiger partial charge in [-0.15, -0.1) is 0 Å². The molecule has 3 rings (SSSR count). The Kier molecular flexibility index (Phi) is 6.06. The predicted octanol–water partition coefficient (Wildman–Crippen LogP) is 5.19. The zero-order chi connectivity index (χ0) is 21.1. The largest absolute Gasteiger partial charge is 0.491 e. The Bertz CT molecular complexity index is 1060. The summed E-state index contributed by atoms with van der Waals surface area (Å²) in [7, 11) is 0. The lowest BCUT2D eigenvalue weighted by Gasteiger charge is -2.16. The zero-order valence-electron chi connectivity index (χ0n) is 17.5. The van der Waals surface area contributed by atoms with Crippen LogP contribution in [-0.4, -0.2) is 12.0 Å². The molecule has 0 saturated heterocycles. The van der Waals surface area contributed by atoms with Gasteiger partial charge in [0.1, 0.15) is 11.3 Å². The van der Waals surface area contributed by atoms with Gasteiger partial charge in [-0.3, -0.25) is 4.79 Å². The molecular formula is C24H27NO4. The highest BCUT2D eigenvalue weighted by Crippen LogP contribution is 2.24. The highest BCUT2D eigenvalue weighted by atomic mass is 16.5. The van der Waals surface area contributed by atoms with Crippen LogP contribution in [0.2, 0.25) is 0 Å². The Morgan fingerprint density at radius 3 is 2.21 bits per heavy atom. The zero-order valence-corrected chi connectivity index (χ0v) is 17.5. The van der Waals surface area contributed by atoms with Crippen LogP contribution in [0.5, 0.6) is 5.75 Å². The summed E-state index contributed by atoms with van der Waals surface area (Å²) >= 11 is 0. The average molecular weight is 393 g/mol. The summed E-state index contributed by atoms with van der Waals surface area (Å²) in [5.74, 6) is 0.723. The molecule has 1 atom stereocenters. The Balaban J connectivity index is 1.87. The van der Waals surface area contributed by atoms with Gasteiger partial charge in [0.2, 0.25) is 0 Å². The van der Waals surface area contributed by atoms with Crippen LogP contribution >= 0.6 is 0 Å². The third-order valence-corrected chi connectivity index (χ3v) is 4.78. The first kappa shape index (κ1) is 20.6. The molecule has 29 heavy (non-hydrogen) atoms. The maximum absolute atomic E-state index is 12.9. The molecule has 0 bridgehead atoms. The predicted molar refractivity (Wildman–Crippen MR) is 115 cm³/mol. The maximum atomic E-state index is 12.9. The molecule has 0 aliphatic carbocycles. The fourth-order valence-electron chi connectivity index (χ4n) is 3.20. The van der Waals surface area contributed by atoms with Crippen molar-refractivity contribution in [2.75, 3.05) is 0 Å². The van der Waals surface area contributed by atoms with Crippen molar-refractivity contribution >= 4 is 16.9 Å². The standard InChI is InChI=1S/C24H27NO4/c1-14(2)17-6-8-18(9-7-17)16(5)25-24(27)21-13-23(26)29-22-12-19(28-15(3)4)10-11-20(21)22/h6-16H,1-5H3,(H,25,27). The molecular weight excluding hydrogens is 366 g/mol. The van der Waals surface area contributed by atoms with Crippen LogP contribution in [0.4, 0.5) is 0 Å². The summed E-state index contributed by atoms with van der Waals surface area (Å²) < 4.78 is 10.9. The molecule has 0 spiro atoms. The first-order valence-corrected chi connectivity index (χ1v) is 9.90. The molecule has 0 aliphatic heterocycles. The van der Waals surface area contributed by atoms with Crippen molar-refractivity contribution in [3.8, 4) is 5.75 Å². The number of rotatable bonds is 6. The van der Waals surface area contributed by atoms with Gasteiger partial charge in [0.05, 0.1) is 17.7 Å². The Morgan fingerprint density at radius 1 is 0.931 bits per heavy atom. The van der Waals surface area contributed by atoms with Gasteiger partial charge < -0.3 is 14.5 Å². The van der Waals surface area contributed by atoms with Gasteiger partial charge in [0.15, 0.2) is 0 Å². The molecule has 1 unspecified atom stereocenters. The van der Waals surface area contributed by atoms with E-state index >= 15 is 0 Å². The van der Waals surface area contributed by atoms with Crippen molar-refractivity contribution in [3.05, 3.63) is 75.6 Å². The van der Waals surface area contributed by atoms with E-state index in [-0.39, 0.29) is 23.6 Å². The van der Waals surface area contributed by atoms with Crippen molar-refractivity contribution in [3.63, 3.8) is 0 Å². The van der Waals surface area contributed by atoms with E-state index < -0.39 is 5.63 Å². The molecule has 1 heterocycles. The minimum atomic E-state index is -0.571. The highest BCUT2D eigenvalue weighted by molar-refractivity contribution is 6.05. The van der Waals surface area contributed by atoms with Crippen LogP contribution in [0.15, 0.2) is 57.7 Å². The van der Waals surface area contributed by atoms with E-state index in [1.54, 1.807) is 18.2 Å². The van der Waals surface area contributed by atoms with Crippen molar-refractivity contribution < 1.29 is 13.9 Å². The van der Waals surface area contributed by atoms with E-state index in [4.69, 9.17) is 9.15 Å². The quantitative estimate of drug-likeness (QED) is 0.585. The molecule has 0 fully saturated rings. The average Bonchev–Trinajstić information content (AvgIpc) is 2.66. The molecule has 0 aliphatic rings. The number of ether oxygens (including phenoxy) is 1. The number of hydrogen-bond donors (Lipinski definition) is 1. The molecule has 0 radical (unpaired) electrons. The van der Waals surface area contributed by atoms with Gasteiger partial charge in [-0.1, -0.05) is 38.1 Å². The summed E-state index contributed by atoms with van der Waals surface area (Å²) in [5, 5.41) is 3.55. The number of hydrogen-bond acceptors (Lipinski definition) is 4. The maximum Gasteiger partial charge on any atom is 0.337 e. The number of amides is 1. The van der Waals surface area contributed by atoms with Gasteiger partial charge in [0.25, 0.3) is 5.91 Å². The lowest BCUT2D eigenvalue weighted by atomic mass is 9.99. The summed E-state index contributed by atoms with van der Waals surface area (Å²) in [6.45, 7) is 10.0. The fourth-order valence-corrected chi connectivity index (χ4v) is 3.20. The second-order valence-corrected chi connectivity index (χ2v) is 7.82. The van der Waals surface area contributed by atoms with E-state index in [0.717, 1.165) is 5.56 Å². The van der Waals surface area contributed by atoms with Crippen molar-refractivity contribution in [2.24, 2.45) is 0 Å². The lowest BCUT2D eigenvalue weighted by molar-refractivity contribution is 0.0941. The monoisotopic (exact) mass is 393 g/mol. The number of carbonyl (C=O) groups excluding carboxylic acids is 1. The molecule has 1 aromatic heterocycles. The lowest BCUT2D eigenvalue weighted by Crippen LogP contribution is -2.27. The van der Waals surface area contributed by atoms with Crippen LogP contribution in [0.1, 0.15) is 68.1 Å². The van der Waals surface area contributed by atoms with Gasteiger partial charge in [0, 0.05) is 17.5 Å². The molecule has 5 nitrogen and oxygen atoms in total. The van der Waals surface area contributed by atoms with Crippen LogP contribution in [0.25, 0.3) is 11.0 Å². The van der Waals surface area contributed by atoms with Gasteiger partial charge in [-0.05, 0) is 49.9 Å². The van der Waals surface area contributed by atoms with E-state index in [2.05, 4.69) is 31.3 Å². The Morgan fingerprint density at radius 2 is 1.59 bits per heavy atom. The second kappa shape index (κ2) is 8.52. The molecule has 3 aromatic rings. The smallest absolute Gasteiger partial charge is 0.337 e.